The molecular weight excluding hydrogens is 454 g/mol. The lowest BCUT2D eigenvalue weighted by Crippen LogP contribution is -2.50. The summed E-state index contributed by atoms with van der Waals surface area (Å²) in [6.45, 7) is 0.316. The van der Waals surface area contributed by atoms with Gasteiger partial charge in [-0.15, -0.1) is 5.10 Å². The Morgan fingerprint density at radius 2 is 2.03 bits per heavy atom. The Labute approximate surface area is 191 Å². The first-order chi connectivity index (χ1) is 15.4. The Morgan fingerprint density at radius 3 is 2.75 bits per heavy atom. The zero-order valence-corrected chi connectivity index (χ0v) is 18.8. The van der Waals surface area contributed by atoms with Crippen molar-refractivity contribution in [3.63, 3.8) is 0 Å². The molecule has 2 aromatic heterocycles. The average molecular weight is 478 g/mol. The molecule has 1 aliphatic rings. The fourth-order valence-electron chi connectivity index (χ4n) is 3.69. The third-order valence-corrected chi connectivity index (χ3v) is 7.16. The fourth-order valence-corrected chi connectivity index (χ4v) is 5.12. The number of nitrogens with zero attached hydrogens (tertiary/aromatic N) is 4. The molecule has 1 saturated heterocycles. The van der Waals surface area contributed by atoms with Crippen LogP contribution in [-0.2, 0) is 21.3 Å². The molecule has 11 heteroatoms. The molecule has 1 aliphatic heterocycles. The number of aryl methyl sites for hydroxylation is 1. The van der Waals surface area contributed by atoms with E-state index in [1.165, 1.54) is 24.3 Å². The van der Waals surface area contributed by atoms with Crippen LogP contribution in [0.15, 0.2) is 59.9 Å². The molecule has 32 heavy (non-hydrogen) atoms. The van der Waals surface area contributed by atoms with Crippen LogP contribution >= 0.6 is 11.6 Å². The van der Waals surface area contributed by atoms with Gasteiger partial charge in [-0.25, -0.2) is 13.1 Å². The van der Waals surface area contributed by atoms with Gasteiger partial charge in [0.15, 0.2) is 0 Å². The summed E-state index contributed by atoms with van der Waals surface area (Å²) in [5.74, 6) is 0. The molecule has 0 radical (unpaired) electrons. The lowest BCUT2D eigenvalue weighted by atomic mass is 9.98. The molecule has 4 rings (SSSR count). The van der Waals surface area contributed by atoms with Gasteiger partial charge in [-0.05, 0) is 55.7 Å². The van der Waals surface area contributed by atoms with Crippen LogP contribution in [0.3, 0.4) is 0 Å². The van der Waals surface area contributed by atoms with Gasteiger partial charge in [-0.2, -0.15) is 0 Å². The van der Waals surface area contributed by atoms with Crippen molar-refractivity contribution in [2.24, 2.45) is 0 Å². The van der Waals surface area contributed by atoms with Crippen molar-refractivity contribution < 1.29 is 18.3 Å². The largest absolute Gasteiger partial charge is 0.394 e. The fraction of sp³-hybridized carbons (Fsp3) is 0.381. The maximum Gasteiger partial charge on any atom is 0.240 e. The first-order valence-electron chi connectivity index (χ1n) is 10.3. The van der Waals surface area contributed by atoms with Gasteiger partial charge in [-0.1, -0.05) is 16.8 Å². The van der Waals surface area contributed by atoms with Gasteiger partial charge in [0.25, 0.3) is 0 Å². The van der Waals surface area contributed by atoms with Crippen molar-refractivity contribution in [2.75, 3.05) is 6.61 Å². The highest BCUT2D eigenvalue weighted by Gasteiger charge is 2.33. The van der Waals surface area contributed by atoms with Crippen molar-refractivity contribution in [3.8, 4) is 11.3 Å². The highest BCUT2D eigenvalue weighted by atomic mass is 35.5. The molecule has 170 valence electrons. The number of ether oxygens (including phenoxy) is 1. The third kappa shape index (κ3) is 5.51. The standard InChI is InChI=1S/C21H24ClN5O4S/c22-16-3-6-18(7-4-16)32(29,30)25-19-8-5-17(31-21(19)14-28)9-11-27-13-20(24-26-27)15-2-1-10-23-12-15/h1-4,6-7,10,12-13,17,19,21,25,28H,5,8-9,11,14H2/t17-,19-,21-/m0/s1. The van der Waals surface area contributed by atoms with Crippen LogP contribution < -0.4 is 4.72 Å². The number of aliphatic hydroxyl groups excluding tert-OH is 1. The number of aromatic nitrogens is 4. The Kier molecular flexibility index (Phi) is 7.17. The molecule has 0 bridgehead atoms. The number of sulfonamides is 1. The van der Waals surface area contributed by atoms with Crippen molar-refractivity contribution in [2.45, 2.75) is 49.0 Å². The van der Waals surface area contributed by atoms with E-state index in [0.717, 1.165) is 11.3 Å². The molecule has 1 aromatic carbocycles. The molecular formula is C21H24ClN5O4S. The topological polar surface area (TPSA) is 119 Å². The van der Waals surface area contributed by atoms with Gasteiger partial charge in [0.05, 0.1) is 35.9 Å². The Hall–Kier alpha value is -2.37. The van der Waals surface area contributed by atoms with E-state index in [-0.39, 0.29) is 17.6 Å². The smallest absolute Gasteiger partial charge is 0.240 e. The van der Waals surface area contributed by atoms with Gasteiger partial charge in [-0.3, -0.25) is 9.67 Å². The molecule has 3 atom stereocenters. The molecule has 0 unspecified atom stereocenters. The summed E-state index contributed by atoms with van der Waals surface area (Å²) in [6.07, 6.45) is 6.43. The molecule has 3 aromatic rings. The average Bonchev–Trinajstić information content (AvgIpc) is 3.28. The number of rotatable bonds is 8. The second kappa shape index (κ2) is 10.1. The number of hydrogen-bond acceptors (Lipinski definition) is 7. The Balaban J connectivity index is 1.33. The minimum Gasteiger partial charge on any atom is -0.394 e. The van der Waals surface area contributed by atoms with E-state index >= 15 is 0 Å². The highest BCUT2D eigenvalue weighted by molar-refractivity contribution is 7.89. The normalized spacial score (nSPS) is 21.5. The number of hydrogen-bond donors (Lipinski definition) is 2. The number of halogens is 1. The van der Waals surface area contributed by atoms with Crippen LogP contribution in [0.4, 0.5) is 0 Å². The van der Waals surface area contributed by atoms with Crippen LogP contribution in [0.2, 0.25) is 5.02 Å². The van der Waals surface area contributed by atoms with Crippen LogP contribution in [0.1, 0.15) is 19.3 Å². The Bertz CT molecular complexity index is 1120. The van der Waals surface area contributed by atoms with E-state index in [4.69, 9.17) is 16.3 Å². The molecule has 0 amide bonds. The highest BCUT2D eigenvalue weighted by Crippen LogP contribution is 2.24. The molecule has 1 fully saturated rings. The minimum absolute atomic E-state index is 0.116. The predicted octanol–water partition coefficient (Wildman–Crippen LogP) is 2.27. The van der Waals surface area contributed by atoms with Crippen LogP contribution in [-0.4, -0.2) is 58.4 Å². The second-order valence-electron chi connectivity index (χ2n) is 7.64. The number of benzene rings is 1. The van der Waals surface area contributed by atoms with Gasteiger partial charge in [0.1, 0.15) is 5.69 Å². The monoisotopic (exact) mass is 477 g/mol. The Morgan fingerprint density at radius 1 is 1.22 bits per heavy atom. The second-order valence-corrected chi connectivity index (χ2v) is 9.79. The quantitative estimate of drug-likeness (QED) is 0.510. The summed E-state index contributed by atoms with van der Waals surface area (Å²) in [4.78, 5) is 4.21. The van der Waals surface area contributed by atoms with Crippen LogP contribution in [0.25, 0.3) is 11.3 Å². The van der Waals surface area contributed by atoms with Crippen LogP contribution in [0.5, 0.6) is 0 Å². The van der Waals surface area contributed by atoms with E-state index in [1.807, 2.05) is 18.3 Å². The zero-order valence-electron chi connectivity index (χ0n) is 17.2. The van der Waals surface area contributed by atoms with Crippen molar-refractivity contribution in [1.29, 1.82) is 0 Å². The molecule has 0 spiro atoms. The first kappa shape index (κ1) is 22.8. The molecule has 9 nitrogen and oxygen atoms in total. The van der Waals surface area contributed by atoms with Crippen molar-refractivity contribution in [3.05, 3.63) is 60.0 Å². The number of aliphatic hydroxyl groups is 1. The lowest BCUT2D eigenvalue weighted by molar-refractivity contribution is -0.0891. The maximum absolute atomic E-state index is 12.7. The summed E-state index contributed by atoms with van der Waals surface area (Å²) < 4.78 is 35.7. The van der Waals surface area contributed by atoms with Crippen LogP contribution in [0, 0.1) is 0 Å². The van der Waals surface area contributed by atoms with E-state index in [9.17, 15) is 13.5 Å². The number of pyridine rings is 1. The summed E-state index contributed by atoms with van der Waals surface area (Å²) in [5, 5.41) is 18.6. The van der Waals surface area contributed by atoms with Gasteiger partial charge >= 0.3 is 0 Å². The maximum atomic E-state index is 12.7. The molecule has 0 saturated carbocycles. The molecule has 0 aliphatic carbocycles. The van der Waals surface area contributed by atoms with E-state index in [1.54, 1.807) is 17.1 Å². The minimum atomic E-state index is -3.74. The van der Waals surface area contributed by atoms with Gasteiger partial charge in [0, 0.05) is 29.5 Å². The SMILES string of the molecule is O=S(=O)(N[C@H]1CC[C@@H](CCn2cc(-c3cccnc3)nn2)O[C@H]1CO)c1ccc(Cl)cc1. The van der Waals surface area contributed by atoms with Crippen molar-refractivity contribution in [1.82, 2.24) is 24.7 Å². The molecule has 3 heterocycles. The third-order valence-electron chi connectivity index (χ3n) is 5.40. The molecule has 2 N–H and O–H groups in total. The van der Waals surface area contributed by atoms with E-state index < -0.39 is 22.2 Å². The number of nitrogens with one attached hydrogen (secondary N) is 1. The zero-order chi connectivity index (χ0) is 22.6. The van der Waals surface area contributed by atoms with E-state index in [2.05, 4.69) is 20.0 Å². The van der Waals surface area contributed by atoms with E-state index in [0.29, 0.717) is 30.8 Å². The van der Waals surface area contributed by atoms with Gasteiger partial charge < -0.3 is 9.84 Å². The summed E-state index contributed by atoms with van der Waals surface area (Å²) in [6, 6.07) is 9.19. The van der Waals surface area contributed by atoms with Gasteiger partial charge in [0.2, 0.25) is 10.0 Å². The predicted molar refractivity (Wildman–Crippen MR) is 118 cm³/mol. The summed E-state index contributed by atoms with van der Waals surface area (Å²) >= 11 is 5.84. The summed E-state index contributed by atoms with van der Waals surface area (Å²) in [7, 11) is -3.74. The van der Waals surface area contributed by atoms with Crippen molar-refractivity contribution >= 4 is 21.6 Å². The summed E-state index contributed by atoms with van der Waals surface area (Å²) in [5.41, 5.74) is 1.64. The first-order valence-corrected chi connectivity index (χ1v) is 12.2. The lowest BCUT2D eigenvalue weighted by Gasteiger charge is -2.36.